The van der Waals surface area contributed by atoms with E-state index in [2.05, 4.69) is 0 Å². The summed E-state index contributed by atoms with van der Waals surface area (Å²) in [7, 11) is 0. The van der Waals surface area contributed by atoms with Crippen molar-refractivity contribution in [3.05, 3.63) is 34.9 Å². The molecular formula is C16H23ClN2O2. The van der Waals surface area contributed by atoms with Gasteiger partial charge in [-0.15, -0.1) is 0 Å². The first kappa shape index (κ1) is 16.3. The lowest BCUT2D eigenvalue weighted by atomic mass is 10.1. The fourth-order valence-electron chi connectivity index (χ4n) is 2.54. The molecule has 1 aromatic rings. The van der Waals surface area contributed by atoms with E-state index >= 15 is 0 Å². The first-order valence-electron chi connectivity index (χ1n) is 7.53. The number of nitrogens with zero attached hydrogens (tertiary/aromatic N) is 1. The third kappa shape index (κ3) is 5.30. The molecule has 2 rings (SSSR count). The molecule has 0 saturated carbocycles. The third-order valence-corrected chi connectivity index (χ3v) is 3.98. The first-order chi connectivity index (χ1) is 10.2. The first-order valence-corrected chi connectivity index (χ1v) is 7.90. The van der Waals surface area contributed by atoms with Crippen molar-refractivity contribution in [1.29, 1.82) is 0 Å². The Kier molecular flexibility index (Phi) is 6.49. The molecule has 4 nitrogen and oxygen atoms in total. The minimum Gasteiger partial charge on any atom is -0.378 e. The van der Waals surface area contributed by atoms with E-state index in [0.717, 1.165) is 44.5 Å². The Hall–Kier alpha value is -1.10. The zero-order valence-corrected chi connectivity index (χ0v) is 13.0. The molecule has 0 aromatic heterocycles. The molecule has 0 bridgehead atoms. The highest BCUT2D eigenvalue weighted by Gasteiger charge is 2.23. The summed E-state index contributed by atoms with van der Waals surface area (Å²) in [5.41, 5.74) is 6.41. The lowest BCUT2D eigenvalue weighted by Crippen LogP contribution is -2.41. The number of benzene rings is 1. The largest absolute Gasteiger partial charge is 0.378 e. The number of hydrogen-bond donors (Lipinski definition) is 1. The van der Waals surface area contributed by atoms with Crippen molar-refractivity contribution < 1.29 is 9.53 Å². The number of amides is 1. The van der Waals surface area contributed by atoms with Gasteiger partial charge < -0.3 is 15.4 Å². The number of rotatable bonds is 6. The fourth-order valence-corrected chi connectivity index (χ4v) is 2.75. The molecule has 1 heterocycles. The van der Waals surface area contributed by atoms with E-state index in [1.54, 1.807) is 0 Å². The lowest BCUT2D eigenvalue weighted by Gasteiger charge is -2.32. The van der Waals surface area contributed by atoms with Gasteiger partial charge in [0.25, 0.3) is 0 Å². The maximum absolute atomic E-state index is 12.3. The van der Waals surface area contributed by atoms with Crippen LogP contribution in [-0.2, 0) is 16.0 Å². The monoisotopic (exact) mass is 310 g/mol. The van der Waals surface area contributed by atoms with Gasteiger partial charge in [0.15, 0.2) is 0 Å². The molecule has 0 unspecified atom stereocenters. The van der Waals surface area contributed by atoms with E-state index < -0.39 is 0 Å². The highest BCUT2D eigenvalue weighted by molar-refractivity contribution is 6.30. The number of halogens is 1. The van der Waals surface area contributed by atoms with E-state index in [-0.39, 0.29) is 12.0 Å². The number of ether oxygens (including phenoxy) is 1. The van der Waals surface area contributed by atoms with Crippen LogP contribution in [0.4, 0.5) is 0 Å². The number of likely N-dealkylation sites (tertiary alicyclic amines) is 1. The number of nitrogens with two attached hydrogens (primary N) is 1. The standard InChI is InChI=1S/C16H23ClN2O2/c17-14-4-1-3-13(11-14)12-16(20)19-8-5-15(6-9-19)21-10-2-7-18/h1,3-4,11,15H,2,5-10,12,18H2. The average molecular weight is 311 g/mol. The summed E-state index contributed by atoms with van der Waals surface area (Å²) in [6.07, 6.45) is 3.40. The third-order valence-electron chi connectivity index (χ3n) is 3.74. The molecule has 0 aliphatic carbocycles. The summed E-state index contributed by atoms with van der Waals surface area (Å²) in [6.45, 7) is 2.92. The van der Waals surface area contributed by atoms with E-state index in [9.17, 15) is 4.79 Å². The molecule has 1 amide bonds. The van der Waals surface area contributed by atoms with Gasteiger partial charge in [-0.05, 0) is 43.5 Å². The predicted octanol–water partition coefficient (Wildman–Crippen LogP) is 2.24. The number of piperidine rings is 1. The summed E-state index contributed by atoms with van der Waals surface area (Å²) in [5, 5.41) is 0.673. The van der Waals surface area contributed by atoms with E-state index in [1.807, 2.05) is 29.2 Å². The summed E-state index contributed by atoms with van der Waals surface area (Å²) in [4.78, 5) is 14.2. The van der Waals surface area contributed by atoms with Crippen LogP contribution in [0.15, 0.2) is 24.3 Å². The average Bonchev–Trinajstić information content (AvgIpc) is 2.48. The lowest BCUT2D eigenvalue weighted by molar-refractivity contribution is -0.133. The van der Waals surface area contributed by atoms with Crippen LogP contribution in [0.3, 0.4) is 0 Å². The van der Waals surface area contributed by atoms with Crippen molar-refractivity contribution in [1.82, 2.24) is 4.90 Å². The van der Waals surface area contributed by atoms with Gasteiger partial charge in [-0.3, -0.25) is 4.79 Å². The molecule has 1 saturated heterocycles. The van der Waals surface area contributed by atoms with Gasteiger partial charge in [-0.2, -0.15) is 0 Å². The van der Waals surface area contributed by atoms with Crippen molar-refractivity contribution in [3.63, 3.8) is 0 Å². The van der Waals surface area contributed by atoms with Crippen LogP contribution < -0.4 is 5.73 Å². The van der Waals surface area contributed by atoms with Crippen molar-refractivity contribution in [2.75, 3.05) is 26.2 Å². The molecule has 1 aliphatic heterocycles. The van der Waals surface area contributed by atoms with Crippen LogP contribution in [-0.4, -0.2) is 43.2 Å². The Labute approximate surface area is 131 Å². The molecule has 5 heteroatoms. The van der Waals surface area contributed by atoms with Gasteiger partial charge in [0.05, 0.1) is 12.5 Å². The Morgan fingerprint density at radius 1 is 1.38 bits per heavy atom. The molecule has 1 fully saturated rings. The summed E-state index contributed by atoms with van der Waals surface area (Å²) < 4.78 is 5.75. The van der Waals surface area contributed by atoms with Crippen LogP contribution in [0.1, 0.15) is 24.8 Å². The second-order valence-electron chi connectivity index (χ2n) is 5.40. The maximum atomic E-state index is 12.3. The quantitative estimate of drug-likeness (QED) is 0.820. The fraction of sp³-hybridized carbons (Fsp3) is 0.562. The van der Waals surface area contributed by atoms with Crippen molar-refractivity contribution in [2.45, 2.75) is 31.8 Å². The summed E-state index contributed by atoms with van der Waals surface area (Å²) >= 11 is 5.94. The van der Waals surface area contributed by atoms with E-state index in [1.165, 1.54) is 0 Å². The normalized spacial score (nSPS) is 16.2. The smallest absolute Gasteiger partial charge is 0.226 e. The second-order valence-corrected chi connectivity index (χ2v) is 5.84. The molecule has 116 valence electrons. The molecule has 1 aliphatic rings. The van der Waals surface area contributed by atoms with Gasteiger partial charge in [0.2, 0.25) is 5.91 Å². The Morgan fingerprint density at radius 2 is 2.14 bits per heavy atom. The number of carbonyl (C=O) groups excluding carboxylic acids is 1. The summed E-state index contributed by atoms with van der Waals surface area (Å²) in [5.74, 6) is 0.165. The van der Waals surface area contributed by atoms with Gasteiger partial charge in [0, 0.05) is 24.7 Å². The zero-order valence-electron chi connectivity index (χ0n) is 12.3. The highest BCUT2D eigenvalue weighted by Crippen LogP contribution is 2.16. The Bertz CT molecular complexity index is 459. The van der Waals surface area contributed by atoms with Crippen LogP contribution >= 0.6 is 11.6 Å². The molecular weight excluding hydrogens is 288 g/mol. The zero-order chi connectivity index (χ0) is 15.1. The molecule has 21 heavy (non-hydrogen) atoms. The van der Waals surface area contributed by atoms with E-state index in [4.69, 9.17) is 22.1 Å². The molecule has 0 atom stereocenters. The SMILES string of the molecule is NCCCOC1CCN(C(=O)Cc2cccc(Cl)c2)CC1. The number of carbonyl (C=O) groups is 1. The predicted molar refractivity (Wildman–Crippen MR) is 84.4 cm³/mol. The van der Waals surface area contributed by atoms with Crippen molar-refractivity contribution >= 4 is 17.5 Å². The van der Waals surface area contributed by atoms with Crippen LogP contribution in [0.25, 0.3) is 0 Å². The van der Waals surface area contributed by atoms with Crippen molar-refractivity contribution in [2.24, 2.45) is 5.73 Å². The number of hydrogen-bond acceptors (Lipinski definition) is 3. The van der Waals surface area contributed by atoms with Crippen LogP contribution in [0, 0.1) is 0 Å². The Morgan fingerprint density at radius 3 is 2.81 bits per heavy atom. The molecule has 0 spiro atoms. The highest BCUT2D eigenvalue weighted by atomic mass is 35.5. The topological polar surface area (TPSA) is 55.6 Å². The Balaban J connectivity index is 1.75. The van der Waals surface area contributed by atoms with Crippen LogP contribution in [0.2, 0.25) is 5.02 Å². The van der Waals surface area contributed by atoms with E-state index in [0.29, 0.717) is 18.0 Å². The minimum absolute atomic E-state index is 0.165. The van der Waals surface area contributed by atoms with Gasteiger partial charge in [0.1, 0.15) is 0 Å². The van der Waals surface area contributed by atoms with Gasteiger partial charge in [-0.25, -0.2) is 0 Å². The molecule has 0 radical (unpaired) electrons. The van der Waals surface area contributed by atoms with Crippen LogP contribution in [0.5, 0.6) is 0 Å². The van der Waals surface area contributed by atoms with Gasteiger partial charge >= 0.3 is 0 Å². The second kappa shape index (κ2) is 8.37. The van der Waals surface area contributed by atoms with Gasteiger partial charge in [-0.1, -0.05) is 23.7 Å². The minimum atomic E-state index is 0.165. The molecule has 2 N–H and O–H groups in total. The summed E-state index contributed by atoms with van der Waals surface area (Å²) in [6, 6.07) is 7.48. The molecule has 1 aromatic carbocycles. The maximum Gasteiger partial charge on any atom is 0.226 e. The van der Waals surface area contributed by atoms with Crippen molar-refractivity contribution in [3.8, 4) is 0 Å².